The van der Waals surface area contributed by atoms with Crippen molar-refractivity contribution < 1.29 is 16.8 Å². The van der Waals surface area contributed by atoms with Crippen molar-refractivity contribution in [2.24, 2.45) is 5.92 Å². The number of sulfonamides is 2. The molecule has 2 N–H and O–H groups in total. The molecule has 2 aromatic carbocycles. The lowest BCUT2D eigenvalue weighted by Gasteiger charge is -2.21. The Balaban J connectivity index is 1.43. The van der Waals surface area contributed by atoms with Crippen LogP contribution in [0.25, 0.3) is 11.1 Å². The lowest BCUT2D eigenvalue weighted by molar-refractivity contribution is 0.363. The van der Waals surface area contributed by atoms with Gasteiger partial charge in [0.2, 0.25) is 0 Å². The molecule has 194 valence electrons. The van der Waals surface area contributed by atoms with E-state index in [9.17, 15) is 16.8 Å². The first-order valence-electron chi connectivity index (χ1n) is 12.5. The van der Waals surface area contributed by atoms with Crippen molar-refractivity contribution >= 4 is 31.4 Å². The minimum atomic E-state index is -4.23. The molecule has 3 aromatic rings. The fraction of sp³-hybridized carbons (Fsp3) is 0.407. The van der Waals surface area contributed by atoms with Crippen LogP contribution in [0.3, 0.4) is 0 Å². The van der Waals surface area contributed by atoms with Crippen molar-refractivity contribution in [2.75, 3.05) is 0 Å². The zero-order valence-corrected chi connectivity index (χ0v) is 23.0. The van der Waals surface area contributed by atoms with E-state index in [1.807, 2.05) is 22.3 Å². The number of thiophene rings is 1. The molecule has 1 heterocycles. The van der Waals surface area contributed by atoms with E-state index in [1.165, 1.54) is 63.1 Å². The molecule has 36 heavy (non-hydrogen) atoms. The molecule has 0 unspecified atom stereocenters. The van der Waals surface area contributed by atoms with Gasteiger partial charge in [-0.15, -0.1) is 11.3 Å². The number of nitrogens with one attached hydrogen (secondary N) is 2. The van der Waals surface area contributed by atoms with Gasteiger partial charge in [-0.3, -0.25) is 0 Å². The Labute approximate surface area is 219 Å². The van der Waals surface area contributed by atoms with Crippen molar-refractivity contribution in [3.8, 4) is 11.1 Å². The van der Waals surface area contributed by atoms with Crippen molar-refractivity contribution in [2.45, 2.75) is 73.6 Å². The molecule has 1 aliphatic carbocycles. The second kappa shape index (κ2) is 12.0. The molecule has 6 nitrogen and oxygen atoms in total. The van der Waals surface area contributed by atoms with Gasteiger partial charge in [0.15, 0.2) is 0 Å². The third kappa shape index (κ3) is 7.04. The summed E-state index contributed by atoms with van der Waals surface area (Å²) in [7, 11) is -8.38. The quantitative estimate of drug-likeness (QED) is 0.308. The molecular formula is C27H34N2O4S3. The summed E-state index contributed by atoms with van der Waals surface area (Å²) in [6.07, 6.45) is 9.29. The van der Waals surface area contributed by atoms with Gasteiger partial charge in [0.25, 0.3) is 20.0 Å². The molecule has 0 spiro atoms. The summed E-state index contributed by atoms with van der Waals surface area (Å²) < 4.78 is 52.0. The molecule has 1 saturated carbocycles. The summed E-state index contributed by atoms with van der Waals surface area (Å²) >= 11 is 0.963. The van der Waals surface area contributed by atoms with Gasteiger partial charge in [-0.05, 0) is 59.5 Å². The Bertz CT molecular complexity index is 1330. The highest BCUT2D eigenvalue weighted by Crippen LogP contribution is 2.28. The van der Waals surface area contributed by atoms with Crippen molar-refractivity contribution in [3.63, 3.8) is 0 Å². The van der Waals surface area contributed by atoms with Crippen LogP contribution in [0, 0.1) is 5.92 Å². The molecule has 1 fully saturated rings. The zero-order valence-electron chi connectivity index (χ0n) is 20.5. The molecule has 0 bridgehead atoms. The van der Waals surface area contributed by atoms with Crippen molar-refractivity contribution in [3.05, 3.63) is 71.6 Å². The third-order valence-corrected chi connectivity index (χ3v) is 11.7. The van der Waals surface area contributed by atoms with Gasteiger partial charge in [-0.2, -0.15) is 0 Å². The van der Waals surface area contributed by atoms with E-state index < -0.39 is 20.0 Å². The molecule has 0 radical (unpaired) electrons. The third-order valence-electron chi connectivity index (χ3n) is 6.77. The first-order chi connectivity index (χ1) is 17.2. The van der Waals surface area contributed by atoms with E-state index in [4.69, 9.17) is 0 Å². The predicted molar refractivity (Wildman–Crippen MR) is 146 cm³/mol. The molecule has 0 amide bonds. The highest BCUT2D eigenvalue weighted by molar-refractivity contribution is 8.05. The number of hydrogen-bond acceptors (Lipinski definition) is 6. The van der Waals surface area contributed by atoms with Crippen LogP contribution in [-0.4, -0.2) is 22.9 Å². The van der Waals surface area contributed by atoms with E-state index in [1.54, 1.807) is 23.6 Å². The summed E-state index contributed by atoms with van der Waals surface area (Å²) in [5, 5.41) is 5.26. The standard InChI is InChI=1S/C27H34N2O4S3/c1-21(19-22-9-4-2-3-5-10-22)28-20-24-11-6-7-12-26(24)23-14-16-25(17-15-23)35(30,31)29-36(32,33)27-13-8-18-34-27/h6-8,11-18,21-22,28-29H,2-5,9-10,19-20H2,1H3/t21-/m0/s1. The van der Waals surface area contributed by atoms with Crippen molar-refractivity contribution in [1.29, 1.82) is 0 Å². The average molecular weight is 547 g/mol. The van der Waals surface area contributed by atoms with Crippen LogP contribution in [-0.2, 0) is 26.6 Å². The van der Waals surface area contributed by atoms with Gasteiger partial charge >= 0.3 is 0 Å². The normalized spacial score (nSPS) is 16.5. The number of hydrogen-bond donors (Lipinski definition) is 2. The van der Waals surface area contributed by atoms with E-state index in [-0.39, 0.29) is 9.10 Å². The maximum absolute atomic E-state index is 12.7. The second-order valence-corrected chi connectivity index (χ2v) is 14.4. The highest BCUT2D eigenvalue weighted by Gasteiger charge is 2.25. The number of rotatable bonds is 10. The molecule has 4 rings (SSSR count). The molecule has 0 saturated heterocycles. The summed E-state index contributed by atoms with van der Waals surface area (Å²) in [6.45, 7) is 2.98. The minimum absolute atomic E-state index is 0.0441. The van der Waals surface area contributed by atoms with Crippen LogP contribution in [0.4, 0.5) is 0 Å². The van der Waals surface area contributed by atoms with E-state index in [2.05, 4.69) is 18.3 Å². The smallest absolute Gasteiger partial charge is 0.263 e. The Morgan fingerprint density at radius 1 is 0.861 bits per heavy atom. The summed E-state index contributed by atoms with van der Waals surface area (Å²) in [5.41, 5.74) is 3.04. The second-order valence-electron chi connectivity index (χ2n) is 9.58. The van der Waals surface area contributed by atoms with Gasteiger partial charge < -0.3 is 5.32 Å². The highest BCUT2D eigenvalue weighted by atomic mass is 32.3. The van der Waals surface area contributed by atoms with Crippen LogP contribution in [0.15, 0.2) is 75.1 Å². The van der Waals surface area contributed by atoms with Crippen LogP contribution < -0.4 is 9.44 Å². The van der Waals surface area contributed by atoms with Crippen molar-refractivity contribution in [1.82, 2.24) is 9.44 Å². The molecule has 0 aliphatic heterocycles. The Morgan fingerprint density at radius 3 is 2.22 bits per heavy atom. The first kappa shape index (κ1) is 27.0. The van der Waals surface area contributed by atoms with Crippen LogP contribution >= 0.6 is 11.3 Å². The molecule has 9 heteroatoms. The Hall–Kier alpha value is -2.04. The van der Waals surface area contributed by atoms with Gasteiger partial charge in [-0.25, -0.2) is 16.8 Å². The molecule has 1 atom stereocenters. The largest absolute Gasteiger partial charge is 0.310 e. The van der Waals surface area contributed by atoms with Crippen LogP contribution in [0.5, 0.6) is 0 Å². The summed E-state index contributed by atoms with van der Waals surface area (Å²) in [4.78, 5) is -0.0981. The monoisotopic (exact) mass is 546 g/mol. The Kier molecular flexibility index (Phi) is 9.00. The molecule has 1 aliphatic rings. The molecular weight excluding hydrogens is 513 g/mol. The van der Waals surface area contributed by atoms with E-state index in [0.29, 0.717) is 6.04 Å². The minimum Gasteiger partial charge on any atom is -0.310 e. The van der Waals surface area contributed by atoms with Gasteiger partial charge in [0, 0.05) is 12.6 Å². The SMILES string of the molecule is C[C@@H](CC1CCCCCC1)NCc1ccccc1-c1ccc(S(=O)(=O)NS(=O)(=O)c2cccs2)cc1. The maximum Gasteiger partial charge on any atom is 0.263 e. The fourth-order valence-corrected chi connectivity index (χ4v) is 8.94. The lowest BCUT2D eigenvalue weighted by Crippen LogP contribution is -2.30. The Morgan fingerprint density at radius 2 is 1.56 bits per heavy atom. The zero-order chi connectivity index (χ0) is 25.6. The fourth-order valence-electron chi connectivity index (χ4n) is 4.89. The molecule has 1 aromatic heterocycles. The summed E-state index contributed by atoms with van der Waals surface area (Å²) in [6, 6.07) is 17.8. The predicted octanol–water partition coefficient (Wildman–Crippen LogP) is 5.92. The van der Waals surface area contributed by atoms with Crippen LogP contribution in [0.2, 0.25) is 0 Å². The van der Waals surface area contributed by atoms with E-state index >= 15 is 0 Å². The average Bonchev–Trinajstić information content (AvgIpc) is 3.30. The van der Waals surface area contributed by atoms with E-state index in [0.717, 1.165) is 40.5 Å². The van der Waals surface area contributed by atoms with Gasteiger partial charge in [0.05, 0.1) is 4.90 Å². The summed E-state index contributed by atoms with van der Waals surface area (Å²) in [5.74, 6) is 0.803. The lowest BCUT2D eigenvalue weighted by atomic mass is 9.93. The maximum atomic E-state index is 12.7. The first-order valence-corrected chi connectivity index (χ1v) is 16.3. The van der Waals surface area contributed by atoms with Gasteiger partial charge in [-0.1, -0.05) is 85.1 Å². The number of benzene rings is 2. The van der Waals surface area contributed by atoms with Gasteiger partial charge in [0.1, 0.15) is 4.21 Å². The topological polar surface area (TPSA) is 92.3 Å². The van der Waals surface area contributed by atoms with Crippen LogP contribution in [0.1, 0.15) is 57.4 Å².